The summed E-state index contributed by atoms with van der Waals surface area (Å²) in [5.41, 5.74) is 2.57. The number of hydrogen-bond donors (Lipinski definition) is 4. The van der Waals surface area contributed by atoms with Gasteiger partial charge in [0.2, 0.25) is 17.7 Å². The molecule has 3 aliphatic rings. The minimum atomic E-state index is -1.05. The van der Waals surface area contributed by atoms with E-state index in [1.807, 2.05) is 18.2 Å². The molecule has 17 heteroatoms. The predicted molar refractivity (Wildman–Crippen MR) is 205 cm³/mol. The van der Waals surface area contributed by atoms with Gasteiger partial charge in [-0.3, -0.25) is 49.1 Å². The normalized spacial score (nSPS) is 16.8. The van der Waals surface area contributed by atoms with Crippen molar-refractivity contribution in [1.29, 1.82) is 0 Å². The summed E-state index contributed by atoms with van der Waals surface area (Å²) in [6.45, 7) is 1.49. The molecule has 1 saturated heterocycles. The van der Waals surface area contributed by atoms with Crippen LogP contribution >= 0.6 is 23.2 Å². The van der Waals surface area contributed by atoms with Crippen LogP contribution in [0.25, 0.3) is 22.0 Å². The molecule has 56 heavy (non-hydrogen) atoms. The van der Waals surface area contributed by atoms with Crippen molar-refractivity contribution in [3.8, 4) is 0 Å². The number of anilines is 1. The first-order valence-electron chi connectivity index (χ1n) is 17.7. The van der Waals surface area contributed by atoms with E-state index in [1.165, 1.54) is 12.1 Å². The zero-order valence-corrected chi connectivity index (χ0v) is 31.1. The number of aromatic nitrogens is 1. The second-order valence-electron chi connectivity index (χ2n) is 13.0. The number of carbonyl (C=O) groups excluding carboxylic acids is 7. The molecule has 0 aliphatic carbocycles. The third-order valence-corrected chi connectivity index (χ3v) is 10.0. The molecule has 7 amide bonds. The Kier molecular flexibility index (Phi) is 11.3. The number of para-hydroxylation sites is 1. The highest BCUT2D eigenvalue weighted by Crippen LogP contribution is 2.39. The molecule has 1 atom stereocenters. The molecule has 1 fully saturated rings. The first kappa shape index (κ1) is 38.4. The average Bonchev–Trinajstić information content (AvgIpc) is 3.76. The molecule has 1 aromatic heterocycles. The second kappa shape index (κ2) is 16.5. The Morgan fingerprint density at radius 2 is 1.52 bits per heavy atom. The number of fused-ring (bicyclic) bond motifs is 2. The number of ether oxygens (including phenoxy) is 2. The molecule has 0 saturated carbocycles. The first-order chi connectivity index (χ1) is 27.0. The summed E-state index contributed by atoms with van der Waals surface area (Å²) >= 11 is 12.5. The van der Waals surface area contributed by atoms with Crippen molar-refractivity contribution in [2.45, 2.75) is 25.4 Å². The SMILES string of the molecule is O=C(Cn1cc(C2=C(c3ccc(Cl)cc3Cl)C(=O)NC2=O)c2ccccc21)NCCOCCOCCNc1cccc2c1C(=O)N(C1CCC(=O)NC1=O)C2=O. The maximum atomic E-state index is 13.2. The fourth-order valence-corrected chi connectivity index (χ4v) is 7.46. The Morgan fingerprint density at radius 3 is 2.27 bits per heavy atom. The van der Waals surface area contributed by atoms with Crippen LogP contribution in [0.5, 0.6) is 0 Å². The molecule has 0 spiro atoms. The van der Waals surface area contributed by atoms with Gasteiger partial charge in [0.1, 0.15) is 12.6 Å². The summed E-state index contributed by atoms with van der Waals surface area (Å²) in [5, 5.41) is 11.8. The highest BCUT2D eigenvalue weighted by atomic mass is 35.5. The van der Waals surface area contributed by atoms with Crippen molar-refractivity contribution in [1.82, 2.24) is 25.4 Å². The summed E-state index contributed by atoms with van der Waals surface area (Å²) < 4.78 is 12.9. The molecule has 7 rings (SSSR count). The van der Waals surface area contributed by atoms with E-state index >= 15 is 0 Å². The van der Waals surface area contributed by atoms with Crippen LogP contribution in [0, 0.1) is 0 Å². The van der Waals surface area contributed by atoms with Crippen molar-refractivity contribution in [2.75, 3.05) is 44.8 Å². The van der Waals surface area contributed by atoms with E-state index in [0.29, 0.717) is 39.3 Å². The lowest BCUT2D eigenvalue weighted by atomic mass is 9.96. The molecule has 1 unspecified atom stereocenters. The van der Waals surface area contributed by atoms with Crippen molar-refractivity contribution in [3.05, 3.63) is 99.2 Å². The van der Waals surface area contributed by atoms with E-state index in [9.17, 15) is 33.6 Å². The highest BCUT2D eigenvalue weighted by Gasteiger charge is 2.45. The van der Waals surface area contributed by atoms with Gasteiger partial charge in [-0.1, -0.05) is 53.5 Å². The number of nitrogens with one attached hydrogen (secondary N) is 4. The first-order valence-corrected chi connectivity index (χ1v) is 18.4. The monoisotopic (exact) mass is 800 g/mol. The second-order valence-corrected chi connectivity index (χ2v) is 13.9. The van der Waals surface area contributed by atoms with E-state index in [0.717, 1.165) is 4.90 Å². The lowest BCUT2D eigenvalue weighted by Gasteiger charge is -2.27. The minimum absolute atomic E-state index is 0.0376. The lowest BCUT2D eigenvalue weighted by molar-refractivity contribution is -0.136. The van der Waals surface area contributed by atoms with Crippen LogP contribution in [0.4, 0.5) is 5.69 Å². The molecular formula is C39H34Cl2N6O9. The molecule has 0 bridgehead atoms. The number of imide groups is 3. The van der Waals surface area contributed by atoms with E-state index < -0.39 is 41.5 Å². The van der Waals surface area contributed by atoms with Gasteiger partial charge in [0.05, 0.1) is 53.7 Å². The maximum Gasteiger partial charge on any atom is 0.264 e. The molecule has 3 aliphatic heterocycles. The summed E-state index contributed by atoms with van der Waals surface area (Å²) in [6.07, 6.45) is 1.78. The van der Waals surface area contributed by atoms with Crippen LogP contribution in [-0.4, -0.2) is 96.4 Å². The number of amides is 7. The topological polar surface area (TPSA) is 194 Å². The zero-order valence-electron chi connectivity index (χ0n) is 29.6. The highest BCUT2D eigenvalue weighted by molar-refractivity contribution is 6.51. The largest absolute Gasteiger partial charge is 0.382 e. The summed E-state index contributed by atoms with van der Waals surface area (Å²) in [4.78, 5) is 90.1. The van der Waals surface area contributed by atoms with E-state index in [1.54, 1.807) is 41.1 Å². The fourth-order valence-electron chi connectivity index (χ4n) is 6.95. The van der Waals surface area contributed by atoms with Crippen LogP contribution in [0.2, 0.25) is 10.0 Å². The van der Waals surface area contributed by atoms with Gasteiger partial charge < -0.3 is 24.7 Å². The fraction of sp³-hybridized carbons (Fsp3) is 0.256. The van der Waals surface area contributed by atoms with Crippen LogP contribution < -0.4 is 21.3 Å². The lowest BCUT2D eigenvalue weighted by Crippen LogP contribution is -2.54. The third kappa shape index (κ3) is 7.66. The Morgan fingerprint density at radius 1 is 0.786 bits per heavy atom. The van der Waals surface area contributed by atoms with E-state index in [4.69, 9.17) is 32.7 Å². The zero-order chi connectivity index (χ0) is 39.5. The standard InChI is InChI=1S/C39H34Cl2N6O9/c40-21-8-9-23(26(41)18-21)33-34(37(52)45-36(33)51)25-19-46(28-7-2-1-4-22(25)28)20-31(49)43-13-15-56-17-16-55-14-12-42-27-6-3-5-24-32(27)39(54)47(38(24)53)29-10-11-30(48)44-35(29)50/h1-9,18-19,29,42H,10-17,20H2,(H,43,49)(H,44,48,50)(H,45,51,52). The number of rotatable bonds is 15. The number of hydrogen-bond acceptors (Lipinski definition) is 10. The summed E-state index contributed by atoms with van der Waals surface area (Å²) in [7, 11) is 0. The van der Waals surface area contributed by atoms with Crippen molar-refractivity contribution < 1.29 is 43.0 Å². The Hall–Kier alpha value is -5.87. The Labute approximate surface area is 329 Å². The summed E-state index contributed by atoms with van der Waals surface area (Å²) in [6, 6.07) is 15.7. The molecule has 4 heterocycles. The Bertz CT molecular complexity index is 2360. The Balaban J connectivity index is 0.861. The molecule has 0 radical (unpaired) electrons. The number of piperidine rings is 1. The van der Waals surface area contributed by atoms with Gasteiger partial charge in [0.25, 0.3) is 23.6 Å². The van der Waals surface area contributed by atoms with Gasteiger partial charge in [-0.15, -0.1) is 0 Å². The van der Waals surface area contributed by atoms with Gasteiger partial charge >= 0.3 is 0 Å². The van der Waals surface area contributed by atoms with Crippen LogP contribution in [0.1, 0.15) is 44.7 Å². The number of nitrogens with zero attached hydrogens (tertiary/aromatic N) is 2. The van der Waals surface area contributed by atoms with Gasteiger partial charge in [0.15, 0.2) is 0 Å². The number of halogens is 2. The molecule has 3 aromatic carbocycles. The molecule has 4 aromatic rings. The van der Waals surface area contributed by atoms with Crippen molar-refractivity contribution in [2.24, 2.45) is 0 Å². The number of carbonyl (C=O) groups is 7. The van der Waals surface area contributed by atoms with Gasteiger partial charge in [0, 0.05) is 58.4 Å². The van der Waals surface area contributed by atoms with Crippen LogP contribution in [0.3, 0.4) is 0 Å². The third-order valence-electron chi connectivity index (χ3n) is 9.47. The van der Waals surface area contributed by atoms with Crippen molar-refractivity contribution in [3.63, 3.8) is 0 Å². The molecule has 15 nitrogen and oxygen atoms in total. The van der Waals surface area contributed by atoms with Gasteiger partial charge in [-0.05, 0) is 36.8 Å². The predicted octanol–water partition coefficient (Wildman–Crippen LogP) is 3.18. The minimum Gasteiger partial charge on any atom is -0.382 e. The molecule has 4 N–H and O–H groups in total. The average molecular weight is 802 g/mol. The van der Waals surface area contributed by atoms with E-state index in [2.05, 4.69) is 21.3 Å². The quantitative estimate of drug-likeness (QED) is 0.103. The molecular weight excluding hydrogens is 767 g/mol. The van der Waals surface area contributed by atoms with Crippen LogP contribution in [0.15, 0.2) is 66.9 Å². The molecule has 288 valence electrons. The number of benzene rings is 3. The smallest absolute Gasteiger partial charge is 0.264 e. The van der Waals surface area contributed by atoms with Crippen molar-refractivity contribution >= 4 is 92.3 Å². The summed E-state index contributed by atoms with van der Waals surface area (Å²) in [5.74, 6) is -3.74. The van der Waals surface area contributed by atoms with Gasteiger partial charge in [-0.2, -0.15) is 0 Å². The maximum absolute atomic E-state index is 13.2. The van der Waals surface area contributed by atoms with Crippen LogP contribution in [-0.2, 0) is 40.0 Å². The van der Waals surface area contributed by atoms with Gasteiger partial charge in [-0.25, -0.2) is 0 Å². The van der Waals surface area contributed by atoms with E-state index in [-0.39, 0.29) is 85.6 Å².